The van der Waals surface area contributed by atoms with Crippen LogP contribution in [0, 0.1) is 0 Å². The fourth-order valence-corrected chi connectivity index (χ4v) is 8.30. The second-order valence-corrected chi connectivity index (χ2v) is 18.0. The second-order valence-electron chi connectivity index (χ2n) is 18.0. The Morgan fingerprint density at radius 1 is 0.411 bits per heavy atom. The highest BCUT2D eigenvalue weighted by Crippen LogP contribution is 2.17. The summed E-state index contributed by atoms with van der Waals surface area (Å²) < 4.78 is 0. The van der Waals surface area contributed by atoms with Gasteiger partial charge in [-0.05, 0) is 19.3 Å². The molecule has 334 valence electrons. The van der Waals surface area contributed by atoms with E-state index in [9.17, 15) is 15.0 Å². The number of aliphatic hydroxyl groups is 2. The molecule has 4 heteroatoms. The summed E-state index contributed by atoms with van der Waals surface area (Å²) in [4.78, 5) is 12.4. The molecule has 0 spiro atoms. The van der Waals surface area contributed by atoms with Crippen LogP contribution in [-0.2, 0) is 4.79 Å². The number of amides is 1. The number of carbonyl (C=O) groups excluding carboxylic acids is 1. The van der Waals surface area contributed by atoms with E-state index in [0.717, 1.165) is 25.7 Å². The van der Waals surface area contributed by atoms with Gasteiger partial charge in [-0.1, -0.05) is 283 Å². The lowest BCUT2D eigenvalue weighted by molar-refractivity contribution is -0.123. The first-order valence-corrected chi connectivity index (χ1v) is 25.9. The summed E-state index contributed by atoms with van der Waals surface area (Å²) in [5.41, 5.74) is 0. The summed E-state index contributed by atoms with van der Waals surface area (Å²) >= 11 is 0. The monoisotopic (exact) mass is 790 g/mol. The molecular weight excluding hydrogens is 687 g/mol. The number of carbonyl (C=O) groups is 1. The summed E-state index contributed by atoms with van der Waals surface area (Å²) in [6, 6.07) is -0.616. The average molecular weight is 790 g/mol. The summed E-state index contributed by atoms with van der Waals surface area (Å²) in [6.45, 7) is 4.33. The van der Waals surface area contributed by atoms with Crippen molar-refractivity contribution in [3.63, 3.8) is 0 Å². The SMILES string of the molecule is CCCCCCCCCCCC/C=C/C(O)C(CO)NC(=O)CCCCCCCCCCCCCCCCCCCCCCCCCCCCCCCCCC. The van der Waals surface area contributed by atoms with Crippen LogP contribution in [0.15, 0.2) is 12.2 Å². The van der Waals surface area contributed by atoms with Gasteiger partial charge < -0.3 is 15.5 Å². The zero-order valence-corrected chi connectivity index (χ0v) is 38.4. The fraction of sp³-hybridized carbons (Fsp3) is 0.942. The van der Waals surface area contributed by atoms with E-state index in [2.05, 4.69) is 19.2 Å². The van der Waals surface area contributed by atoms with Crippen molar-refractivity contribution in [3.8, 4) is 0 Å². The van der Waals surface area contributed by atoms with E-state index in [1.807, 2.05) is 6.08 Å². The smallest absolute Gasteiger partial charge is 0.220 e. The van der Waals surface area contributed by atoms with Gasteiger partial charge in [0.25, 0.3) is 0 Å². The predicted octanol–water partition coefficient (Wildman–Crippen LogP) is 16.6. The molecular formula is C52H103NO3. The van der Waals surface area contributed by atoms with Gasteiger partial charge in [-0.25, -0.2) is 0 Å². The van der Waals surface area contributed by atoms with Gasteiger partial charge in [-0.3, -0.25) is 4.79 Å². The van der Waals surface area contributed by atoms with Crippen LogP contribution < -0.4 is 5.32 Å². The molecule has 2 unspecified atom stereocenters. The van der Waals surface area contributed by atoms with Crippen molar-refractivity contribution < 1.29 is 15.0 Å². The fourth-order valence-electron chi connectivity index (χ4n) is 8.30. The minimum absolute atomic E-state index is 0.0585. The molecule has 3 N–H and O–H groups in total. The first kappa shape index (κ1) is 55.1. The van der Waals surface area contributed by atoms with Crippen LogP contribution in [0.25, 0.3) is 0 Å². The normalized spacial score (nSPS) is 12.9. The number of allylic oxidation sites excluding steroid dienone is 1. The van der Waals surface area contributed by atoms with E-state index in [1.54, 1.807) is 6.08 Å². The van der Waals surface area contributed by atoms with Crippen molar-refractivity contribution in [1.82, 2.24) is 5.32 Å². The first-order valence-electron chi connectivity index (χ1n) is 25.9. The van der Waals surface area contributed by atoms with Gasteiger partial charge in [0.1, 0.15) is 0 Å². The summed E-state index contributed by atoms with van der Waals surface area (Å²) in [6.07, 6.45) is 62.3. The number of hydrogen-bond acceptors (Lipinski definition) is 3. The van der Waals surface area contributed by atoms with Gasteiger partial charge in [0.05, 0.1) is 18.8 Å². The van der Waals surface area contributed by atoms with Gasteiger partial charge in [0.15, 0.2) is 0 Å². The Hall–Kier alpha value is -0.870. The zero-order chi connectivity index (χ0) is 40.7. The quantitative estimate of drug-likeness (QED) is 0.0425. The van der Waals surface area contributed by atoms with Crippen LogP contribution in [0.2, 0.25) is 0 Å². The van der Waals surface area contributed by atoms with Crippen molar-refractivity contribution in [2.45, 2.75) is 309 Å². The molecule has 0 heterocycles. The van der Waals surface area contributed by atoms with Gasteiger partial charge in [0.2, 0.25) is 5.91 Å². The van der Waals surface area contributed by atoms with Crippen molar-refractivity contribution in [2.24, 2.45) is 0 Å². The van der Waals surface area contributed by atoms with Crippen LogP contribution in [0.5, 0.6) is 0 Å². The largest absolute Gasteiger partial charge is 0.394 e. The first-order chi connectivity index (χ1) is 27.7. The van der Waals surface area contributed by atoms with E-state index in [0.29, 0.717) is 6.42 Å². The molecule has 0 radical (unpaired) electrons. The van der Waals surface area contributed by atoms with E-state index < -0.39 is 12.1 Å². The van der Waals surface area contributed by atoms with Crippen molar-refractivity contribution in [3.05, 3.63) is 12.2 Å². The molecule has 0 aliphatic carbocycles. The zero-order valence-electron chi connectivity index (χ0n) is 38.4. The third-order valence-electron chi connectivity index (χ3n) is 12.3. The van der Waals surface area contributed by atoms with Crippen LogP contribution >= 0.6 is 0 Å². The van der Waals surface area contributed by atoms with Crippen LogP contribution in [0.3, 0.4) is 0 Å². The van der Waals surface area contributed by atoms with Crippen LogP contribution in [-0.4, -0.2) is 34.9 Å². The number of rotatable bonds is 48. The summed E-state index contributed by atoms with van der Waals surface area (Å²) in [5, 5.41) is 23.0. The van der Waals surface area contributed by atoms with E-state index in [4.69, 9.17) is 0 Å². The lowest BCUT2D eigenvalue weighted by Gasteiger charge is -2.20. The van der Waals surface area contributed by atoms with Crippen LogP contribution in [0.1, 0.15) is 296 Å². The molecule has 0 rings (SSSR count). The Morgan fingerprint density at radius 3 is 0.929 bits per heavy atom. The molecule has 56 heavy (non-hydrogen) atoms. The number of nitrogens with one attached hydrogen (secondary N) is 1. The standard InChI is InChI=1S/C52H103NO3/c1-3-5-7-9-11-13-15-17-18-19-20-21-22-23-24-25-26-27-28-29-30-31-32-33-34-35-36-38-40-42-44-46-48-52(56)53-50(49-54)51(55)47-45-43-41-39-37-16-14-12-10-8-6-4-2/h45,47,50-51,54-55H,3-44,46,48-49H2,1-2H3,(H,53,56)/b47-45+. The third kappa shape index (κ3) is 44.2. The van der Waals surface area contributed by atoms with Gasteiger partial charge in [-0.2, -0.15) is 0 Å². The Kier molecular flexibility index (Phi) is 47.7. The van der Waals surface area contributed by atoms with E-state index in [1.165, 1.54) is 250 Å². The van der Waals surface area contributed by atoms with Gasteiger partial charge in [-0.15, -0.1) is 0 Å². The molecule has 0 fully saturated rings. The van der Waals surface area contributed by atoms with Crippen molar-refractivity contribution in [2.75, 3.05) is 6.61 Å². The van der Waals surface area contributed by atoms with Crippen molar-refractivity contribution in [1.29, 1.82) is 0 Å². The maximum absolute atomic E-state index is 12.4. The maximum atomic E-state index is 12.4. The van der Waals surface area contributed by atoms with E-state index >= 15 is 0 Å². The van der Waals surface area contributed by atoms with Gasteiger partial charge >= 0.3 is 0 Å². The molecule has 4 nitrogen and oxygen atoms in total. The summed E-state index contributed by atoms with van der Waals surface area (Å²) in [7, 11) is 0. The molecule has 0 aliphatic heterocycles. The molecule has 2 atom stereocenters. The lowest BCUT2D eigenvalue weighted by atomic mass is 10.0. The topological polar surface area (TPSA) is 69.6 Å². The van der Waals surface area contributed by atoms with Gasteiger partial charge in [0, 0.05) is 6.42 Å². The average Bonchev–Trinajstić information content (AvgIpc) is 3.20. The number of hydrogen-bond donors (Lipinski definition) is 3. The predicted molar refractivity (Wildman–Crippen MR) is 249 cm³/mol. The molecule has 0 bridgehead atoms. The Morgan fingerprint density at radius 2 is 0.661 bits per heavy atom. The minimum Gasteiger partial charge on any atom is -0.394 e. The highest BCUT2D eigenvalue weighted by molar-refractivity contribution is 5.76. The molecule has 0 aromatic carbocycles. The highest BCUT2D eigenvalue weighted by atomic mass is 16.3. The molecule has 0 aromatic heterocycles. The number of unbranched alkanes of at least 4 members (excludes halogenated alkanes) is 41. The Labute approximate surface area is 352 Å². The molecule has 1 amide bonds. The Balaban J connectivity index is 3.38. The van der Waals surface area contributed by atoms with Crippen LogP contribution in [0.4, 0.5) is 0 Å². The lowest BCUT2D eigenvalue weighted by Crippen LogP contribution is -2.45. The number of aliphatic hydroxyl groups excluding tert-OH is 2. The maximum Gasteiger partial charge on any atom is 0.220 e. The molecule has 0 aliphatic rings. The minimum atomic E-state index is -0.833. The van der Waals surface area contributed by atoms with E-state index in [-0.39, 0.29) is 12.5 Å². The Bertz CT molecular complexity index is 769. The van der Waals surface area contributed by atoms with Crippen molar-refractivity contribution >= 4 is 5.91 Å². The molecule has 0 saturated carbocycles. The highest BCUT2D eigenvalue weighted by Gasteiger charge is 2.18. The second kappa shape index (κ2) is 48.5. The molecule has 0 aromatic rings. The summed E-state index contributed by atoms with van der Waals surface area (Å²) in [5.74, 6) is -0.0585. The third-order valence-corrected chi connectivity index (χ3v) is 12.3. The molecule has 0 saturated heterocycles.